The van der Waals surface area contributed by atoms with Crippen LogP contribution in [-0.2, 0) is 11.8 Å². The van der Waals surface area contributed by atoms with E-state index in [-0.39, 0.29) is 5.41 Å². The molecule has 1 unspecified atom stereocenters. The van der Waals surface area contributed by atoms with Crippen LogP contribution in [-0.4, -0.2) is 27.9 Å². The zero-order valence-electron chi connectivity index (χ0n) is 17.1. The van der Waals surface area contributed by atoms with Crippen LogP contribution in [0.4, 0.5) is 5.69 Å². The van der Waals surface area contributed by atoms with E-state index in [1.54, 1.807) is 21.3 Å². The molecular formula is C23H29NO3. The zero-order chi connectivity index (χ0) is 19.6. The number of nitrogens with zero attached hydrogens (tertiary/aromatic N) is 1. The number of fused-ring (bicyclic) bond motifs is 1. The number of benzene rings is 2. The van der Waals surface area contributed by atoms with Gasteiger partial charge < -0.3 is 19.1 Å². The van der Waals surface area contributed by atoms with E-state index in [4.69, 9.17) is 14.2 Å². The minimum atomic E-state index is -0.145. The van der Waals surface area contributed by atoms with E-state index in [0.29, 0.717) is 0 Å². The van der Waals surface area contributed by atoms with Crippen molar-refractivity contribution in [2.24, 2.45) is 0 Å². The average Bonchev–Trinajstić information content (AvgIpc) is 2.94. The maximum Gasteiger partial charge on any atom is 0.160 e. The molecule has 0 aromatic heterocycles. The number of ether oxygens (including phenoxy) is 3. The zero-order valence-corrected chi connectivity index (χ0v) is 17.1. The third-order valence-electron chi connectivity index (χ3n) is 5.54. The molecule has 1 aliphatic heterocycles. The lowest BCUT2D eigenvalue weighted by molar-refractivity contribution is 0.354. The molecule has 2 aromatic rings. The summed E-state index contributed by atoms with van der Waals surface area (Å²) in [5.41, 5.74) is 4.94. The van der Waals surface area contributed by atoms with Gasteiger partial charge in [-0.25, -0.2) is 0 Å². The molecule has 3 rings (SSSR count). The number of hydrogen-bond acceptors (Lipinski definition) is 4. The summed E-state index contributed by atoms with van der Waals surface area (Å²) < 4.78 is 16.4. The number of hydrogen-bond donors (Lipinski definition) is 0. The van der Waals surface area contributed by atoms with E-state index < -0.39 is 0 Å². The summed E-state index contributed by atoms with van der Waals surface area (Å²) in [5, 5.41) is 0. The van der Waals surface area contributed by atoms with Gasteiger partial charge in [0.25, 0.3) is 0 Å². The van der Waals surface area contributed by atoms with Crippen LogP contribution in [0.25, 0.3) is 0 Å². The number of allylic oxidation sites excluding steroid dienone is 2. The molecule has 0 fully saturated rings. The van der Waals surface area contributed by atoms with Crippen molar-refractivity contribution in [1.29, 1.82) is 0 Å². The summed E-state index contributed by atoms with van der Waals surface area (Å²) >= 11 is 0. The molecule has 0 spiro atoms. The Labute approximate surface area is 162 Å². The standard InChI is InChI=1S/C23H29NO3/c1-7-22-23(3,15-16-9-12-20(26-5)21(13-16)27-6)18-14-17(25-4)10-11-19(18)24(22)8-2/h7,9-14H,8,15H2,1-6H3/b22-7-. The Morgan fingerprint density at radius 1 is 0.963 bits per heavy atom. The first kappa shape index (κ1) is 19.2. The monoisotopic (exact) mass is 367 g/mol. The predicted molar refractivity (Wildman–Crippen MR) is 110 cm³/mol. The first-order valence-electron chi connectivity index (χ1n) is 9.36. The quantitative estimate of drug-likeness (QED) is 0.722. The summed E-state index contributed by atoms with van der Waals surface area (Å²) in [5.74, 6) is 2.40. The highest BCUT2D eigenvalue weighted by Crippen LogP contribution is 2.50. The van der Waals surface area contributed by atoms with Gasteiger partial charge in [-0.3, -0.25) is 0 Å². The van der Waals surface area contributed by atoms with Crippen molar-refractivity contribution in [3.63, 3.8) is 0 Å². The minimum absolute atomic E-state index is 0.145. The average molecular weight is 367 g/mol. The fourth-order valence-corrected chi connectivity index (χ4v) is 4.28. The van der Waals surface area contributed by atoms with Gasteiger partial charge in [0, 0.05) is 23.3 Å². The molecule has 0 saturated heterocycles. The van der Waals surface area contributed by atoms with Crippen LogP contribution in [0.2, 0.25) is 0 Å². The van der Waals surface area contributed by atoms with E-state index in [1.807, 2.05) is 12.1 Å². The summed E-state index contributed by atoms with van der Waals surface area (Å²) in [6, 6.07) is 12.6. The van der Waals surface area contributed by atoms with Gasteiger partial charge in [0.15, 0.2) is 11.5 Å². The molecule has 4 heteroatoms. The van der Waals surface area contributed by atoms with Crippen molar-refractivity contribution in [3.05, 3.63) is 59.3 Å². The van der Waals surface area contributed by atoms with E-state index in [9.17, 15) is 0 Å². The van der Waals surface area contributed by atoms with Crippen molar-refractivity contribution in [3.8, 4) is 17.2 Å². The molecule has 1 atom stereocenters. The lowest BCUT2D eigenvalue weighted by atomic mass is 9.76. The van der Waals surface area contributed by atoms with Gasteiger partial charge in [-0.05, 0) is 68.7 Å². The lowest BCUT2D eigenvalue weighted by Crippen LogP contribution is -2.30. The van der Waals surface area contributed by atoms with Gasteiger partial charge in [0.1, 0.15) is 5.75 Å². The topological polar surface area (TPSA) is 30.9 Å². The Morgan fingerprint density at radius 3 is 2.30 bits per heavy atom. The molecule has 1 heterocycles. The van der Waals surface area contributed by atoms with Crippen molar-refractivity contribution in [2.45, 2.75) is 32.6 Å². The van der Waals surface area contributed by atoms with Gasteiger partial charge in [0.2, 0.25) is 0 Å². The largest absolute Gasteiger partial charge is 0.497 e. The van der Waals surface area contributed by atoms with Crippen molar-refractivity contribution >= 4 is 5.69 Å². The number of anilines is 1. The highest BCUT2D eigenvalue weighted by molar-refractivity contribution is 5.72. The lowest BCUT2D eigenvalue weighted by Gasteiger charge is -2.30. The van der Waals surface area contributed by atoms with E-state index in [2.05, 4.69) is 56.0 Å². The van der Waals surface area contributed by atoms with Gasteiger partial charge in [0.05, 0.1) is 21.3 Å². The van der Waals surface area contributed by atoms with E-state index in [1.165, 1.54) is 22.5 Å². The van der Waals surface area contributed by atoms with Crippen LogP contribution in [0, 0.1) is 0 Å². The Kier molecular flexibility index (Phi) is 5.36. The Hall–Kier alpha value is -2.62. The molecule has 27 heavy (non-hydrogen) atoms. The molecule has 2 aromatic carbocycles. The minimum Gasteiger partial charge on any atom is -0.497 e. The van der Waals surface area contributed by atoms with Crippen LogP contribution in [0.3, 0.4) is 0 Å². The second kappa shape index (κ2) is 7.55. The van der Waals surface area contributed by atoms with Crippen LogP contribution in [0.5, 0.6) is 17.2 Å². The smallest absolute Gasteiger partial charge is 0.160 e. The Balaban J connectivity index is 2.10. The fraction of sp³-hybridized carbons (Fsp3) is 0.391. The number of rotatable bonds is 6. The first-order chi connectivity index (χ1) is 13.0. The van der Waals surface area contributed by atoms with Gasteiger partial charge in [-0.1, -0.05) is 12.1 Å². The van der Waals surface area contributed by atoms with Crippen LogP contribution >= 0.6 is 0 Å². The summed E-state index contributed by atoms with van der Waals surface area (Å²) in [6.07, 6.45) is 3.10. The van der Waals surface area contributed by atoms with Crippen molar-refractivity contribution < 1.29 is 14.2 Å². The highest BCUT2D eigenvalue weighted by Gasteiger charge is 2.43. The molecule has 0 aliphatic carbocycles. The van der Waals surface area contributed by atoms with Crippen molar-refractivity contribution in [1.82, 2.24) is 0 Å². The Bertz CT molecular complexity index is 859. The third kappa shape index (κ3) is 3.14. The van der Waals surface area contributed by atoms with E-state index >= 15 is 0 Å². The van der Waals surface area contributed by atoms with Crippen molar-refractivity contribution in [2.75, 3.05) is 32.8 Å². The molecule has 4 nitrogen and oxygen atoms in total. The molecule has 0 amide bonds. The molecule has 0 radical (unpaired) electrons. The number of likely N-dealkylation sites (N-methyl/N-ethyl adjacent to an activating group) is 1. The van der Waals surface area contributed by atoms with Crippen LogP contribution < -0.4 is 19.1 Å². The highest BCUT2D eigenvalue weighted by atomic mass is 16.5. The molecular weight excluding hydrogens is 338 g/mol. The SMILES string of the molecule is C/C=C1\N(CC)c2ccc(OC)cc2C1(C)Cc1ccc(OC)c(OC)c1. The number of methoxy groups -OCH3 is 3. The summed E-state index contributed by atoms with van der Waals surface area (Å²) in [4.78, 5) is 2.40. The second-order valence-electron chi connectivity index (χ2n) is 7.00. The Morgan fingerprint density at radius 2 is 1.70 bits per heavy atom. The molecule has 1 aliphatic rings. The van der Waals surface area contributed by atoms with Crippen LogP contribution in [0.1, 0.15) is 31.9 Å². The molecule has 144 valence electrons. The summed E-state index contributed by atoms with van der Waals surface area (Å²) in [6.45, 7) is 7.56. The van der Waals surface area contributed by atoms with E-state index in [0.717, 1.165) is 30.2 Å². The maximum absolute atomic E-state index is 5.51. The fourth-order valence-electron chi connectivity index (χ4n) is 4.28. The molecule has 0 saturated carbocycles. The normalized spacial score (nSPS) is 19.9. The van der Waals surface area contributed by atoms with Gasteiger partial charge in [-0.15, -0.1) is 0 Å². The van der Waals surface area contributed by atoms with Gasteiger partial charge >= 0.3 is 0 Å². The maximum atomic E-state index is 5.51. The first-order valence-corrected chi connectivity index (χ1v) is 9.36. The van der Waals surface area contributed by atoms with Crippen LogP contribution in [0.15, 0.2) is 48.2 Å². The second-order valence-corrected chi connectivity index (χ2v) is 7.00. The van der Waals surface area contributed by atoms with Gasteiger partial charge in [-0.2, -0.15) is 0 Å². The predicted octanol–water partition coefficient (Wildman–Crippen LogP) is 4.96. The third-order valence-corrected chi connectivity index (χ3v) is 5.54. The molecule has 0 N–H and O–H groups in total. The summed E-state index contributed by atoms with van der Waals surface area (Å²) in [7, 11) is 5.06. The molecule has 0 bridgehead atoms.